The van der Waals surface area contributed by atoms with E-state index in [0.29, 0.717) is 5.56 Å². The molecule has 0 aliphatic heterocycles. The maximum absolute atomic E-state index is 11.8. The van der Waals surface area contributed by atoms with Gasteiger partial charge in [-0.1, -0.05) is 0 Å². The number of anilines is 1. The lowest BCUT2D eigenvalue weighted by Gasteiger charge is -2.15. The highest BCUT2D eigenvalue weighted by atomic mass is 32.2. The maximum atomic E-state index is 11.8. The molecule has 0 aliphatic rings. The first-order valence-electron chi connectivity index (χ1n) is 6.28. The number of nitrogens with two attached hydrogens (primary N) is 1. The molecule has 0 fully saturated rings. The number of ether oxygens (including phenoxy) is 2. The molecule has 1 aromatic carbocycles. The summed E-state index contributed by atoms with van der Waals surface area (Å²) < 4.78 is 33.4. The average molecular weight is 316 g/mol. The van der Waals surface area contributed by atoms with E-state index >= 15 is 0 Å². The number of methoxy groups -OCH3 is 1. The van der Waals surface area contributed by atoms with Crippen LogP contribution in [0, 0.1) is 6.92 Å². The SMILES string of the molecule is COc1c(NC(=O)COC(C)C)cc(C)cc1S(N)(=O)=O. The average Bonchev–Trinajstić information content (AvgIpc) is 2.34. The second-order valence-electron chi connectivity index (χ2n) is 4.80. The van der Waals surface area contributed by atoms with Crippen molar-refractivity contribution in [2.24, 2.45) is 5.14 Å². The van der Waals surface area contributed by atoms with Gasteiger partial charge in [-0.3, -0.25) is 4.79 Å². The van der Waals surface area contributed by atoms with Crippen molar-refractivity contribution in [1.82, 2.24) is 0 Å². The smallest absolute Gasteiger partial charge is 0.250 e. The number of primary sulfonamides is 1. The molecule has 1 aromatic rings. The zero-order chi connectivity index (χ0) is 16.2. The largest absolute Gasteiger partial charge is 0.493 e. The Morgan fingerprint density at radius 3 is 2.48 bits per heavy atom. The summed E-state index contributed by atoms with van der Waals surface area (Å²) in [5.74, 6) is -0.408. The normalized spacial score (nSPS) is 11.5. The van der Waals surface area contributed by atoms with Crippen molar-refractivity contribution in [2.75, 3.05) is 19.0 Å². The van der Waals surface area contributed by atoms with Crippen molar-refractivity contribution in [3.05, 3.63) is 17.7 Å². The van der Waals surface area contributed by atoms with Gasteiger partial charge in [-0.2, -0.15) is 0 Å². The number of carbonyl (C=O) groups excluding carboxylic acids is 1. The molecule has 0 aromatic heterocycles. The molecule has 0 heterocycles. The van der Waals surface area contributed by atoms with Crippen molar-refractivity contribution < 1.29 is 22.7 Å². The van der Waals surface area contributed by atoms with Crippen molar-refractivity contribution in [3.63, 3.8) is 0 Å². The summed E-state index contributed by atoms with van der Waals surface area (Å²) in [4.78, 5) is 11.6. The second-order valence-corrected chi connectivity index (χ2v) is 6.33. The Morgan fingerprint density at radius 1 is 1.38 bits per heavy atom. The van der Waals surface area contributed by atoms with Crippen molar-refractivity contribution >= 4 is 21.6 Å². The molecule has 8 heteroatoms. The quantitative estimate of drug-likeness (QED) is 0.814. The number of sulfonamides is 1. The number of nitrogens with one attached hydrogen (secondary N) is 1. The lowest BCUT2D eigenvalue weighted by molar-refractivity contribution is -0.121. The van der Waals surface area contributed by atoms with Gasteiger partial charge in [-0.05, 0) is 38.5 Å². The van der Waals surface area contributed by atoms with Crippen LogP contribution < -0.4 is 15.2 Å². The van der Waals surface area contributed by atoms with Crippen molar-refractivity contribution in [3.8, 4) is 5.75 Å². The number of aryl methyl sites for hydroxylation is 1. The monoisotopic (exact) mass is 316 g/mol. The van der Waals surface area contributed by atoms with Gasteiger partial charge in [0.1, 0.15) is 11.5 Å². The van der Waals surface area contributed by atoms with Crippen LogP contribution in [0.15, 0.2) is 17.0 Å². The third-order valence-electron chi connectivity index (χ3n) is 2.53. The number of hydrogen-bond donors (Lipinski definition) is 2. The molecule has 0 radical (unpaired) electrons. The van der Waals surface area contributed by atoms with Gasteiger partial charge in [-0.25, -0.2) is 13.6 Å². The lowest BCUT2D eigenvalue weighted by atomic mass is 10.2. The molecule has 3 N–H and O–H groups in total. The van der Waals surface area contributed by atoms with Crippen LogP contribution in [0.5, 0.6) is 5.75 Å². The molecule has 0 aliphatic carbocycles. The minimum absolute atomic E-state index is 0.000923. The third-order valence-corrected chi connectivity index (χ3v) is 3.45. The van der Waals surface area contributed by atoms with E-state index in [0.717, 1.165) is 0 Å². The Hall–Kier alpha value is -1.64. The summed E-state index contributed by atoms with van der Waals surface area (Å²) in [6.07, 6.45) is -0.0878. The minimum Gasteiger partial charge on any atom is -0.493 e. The molecule has 0 saturated heterocycles. The number of amides is 1. The molecule has 0 unspecified atom stereocenters. The number of rotatable bonds is 6. The molecule has 1 amide bonds. The van der Waals surface area contributed by atoms with Gasteiger partial charge in [0.2, 0.25) is 15.9 Å². The summed E-state index contributed by atoms with van der Waals surface area (Å²) >= 11 is 0. The van der Waals surface area contributed by atoms with Gasteiger partial charge in [0.25, 0.3) is 0 Å². The molecule has 1 rings (SSSR count). The first-order valence-corrected chi connectivity index (χ1v) is 7.82. The van der Waals surface area contributed by atoms with E-state index in [-0.39, 0.29) is 29.0 Å². The van der Waals surface area contributed by atoms with Crippen LogP contribution in [0.25, 0.3) is 0 Å². The van der Waals surface area contributed by atoms with Gasteiger partial charge in [0.05, 0.1) is 18.9 Å². The predicted molar refractivity (Wildman–Crippen MR) is 78.8 cm³/mol. The summed E-state index contributed by atoms with van der Waals surface area (Å²) in [6.45, 7) is 5.16. The fourth-order valence-corrected chi connectivity index (χ4v) is 2.49. The van der Waals surface area contributed by atoms with E-state index in [9.17, 15) is 13.2 Å². The third kappa shape index (κ3) is 5.00. The minimum atomic E-state index is -3.96. The van der Waals surface area contributed by atoms with Crippen LogP contribution in [-0.4, -0.2) is 34.1 Å². The first-order chi connectivity index (χ1) is 9.65. The van der Waals surface area contributed by atoms with Crippen LogP contribution >= 0.6 is 0 Å². The highest BCUT2D eigenvalue weighted by molar-refractivity contribution is 7.89. The number of benzene rings is 1. The van der Waals surface area contributed by atoms with Crippen LogP contribution in [0.3, 0.4) is 0 Å². The van der Waals surface area contributed by atoms with Crippen LogP contribution in [0.4, 0.5) is 5.69 Å². The van der Waals surface area contributed by atoms with Crippen LogP contribution in [-0.2, 0) is 19.6 Å². The predicted octanol–water partition coefficient (Wildman–Crippen LogP) is 1.01. The standard InChI is InChI=1S/C13H20N2O5S/c1-8(2)20-7-12(16)15-10-5-9(3)6-11(13(10)19-4)21(14,17)18/h5-6,8H,7H2,1-4H3,(H,15,16)(H2,14,17,18). The van der Waals surface area contributed by atoms with Crippen molar-refractivity contribution in [2.45, 2.75) is 31.8 Å². The van der Waals surface area contributed by atoms with Gasteiger partial charge < -0.3 is 14.8 Å². The Kier molecular flexibility index (Phi) is 5.70. The lowest BCUT2D eigenvalue weighted by Crippen LogP contribution is -2.22. The highest BCUT2D eigenvalue weighted by Gasteiger charge is 2.20. The van der Waals surface area contributed by atoms with Crippen LogP contribution in [0.1, 0.15) is 19.4 Å². The van der Waals surface area contributed by atoms with Gasteiger partial charge >= 0.3 is 0 Å². The zero-order valence-electron chi connectivity index (χ0n) is 12.5. The molecule has 21 heavy (non-hydrogen) atoms. The molecular weight excluding hydrogens is 296 g/mol. The molecule has 118 valence electrons. The summed E-state index contributed by atoms with van der Waals surface area (Å²) in [6, 6.07) is 2.98. The summed E-state index contributed by atoms with van der Waals surface area (Å²) in [5.41, 5.74) is 0.860. The maximum Gasteiger partial charge on any atom is 0.250 e. The van der Waals surface area contributed by atoms with E-state index in [1.54, 1.807) is 26.8 Å². The molecule has 0 bridgehead atoms. The summed E-state index contributed by atoms with van der Waals surface area (Å²) in [7, 11) is -2.65. The van der Waals surface area contributed by atoms with Crippen molar-refractivity contribution in [1.29, 1.82) is 0 Å². The Morgan fingerprint density at radius 2 is 2.00 bits per heavy atom. The van der Waals surface area contributed by atoms with Gasteiger partial charge in [0, 0.05) is 0 Å². The molecule has 0 atom stereocenters. The number of carbonyl (C=O) groups is 1. The number of hydrogen-bond acceptors (Lipinski definition) is 5. The molecule has 0 saturated carbocycles. The Balaban J connectivity index is 3.13. The highest BCUT2D eigenvalue weighted by Crippen LogP contribution is 2.33. The fraction of sp³-hybridized carbons (Fsp3) is 0.462. The second kappa shape index (κ2) is 6.88. The van der Waals surface area contributed by atoms with E-state index < -0.39 is 15.9 Å². The van der Waals surface area contributed by atoms with E-state index in [2.05, 4.69) is 5.32 Å². The molecule has 7 nitrogen and oxygen atoms in total. The van der Waals surface area contributed by atoms with E-state index in [1.807, 2.05) is 0 Å². The molecular formula is C13H20N2O5S. The van der Waals surface area contributed by atoms with Gasteiger partial charge in [-0.15, -0.1) is 0 Å². The van der Waals surface area contributed by atoms with E-state index in [4.69, 9.17) is 14.6 Å². The molecule has 0 spiro atoms. The van der Waals surface area contributed by atoms with Gasteiger partial charge in [0.15, 0.2) is 5.75 Å². The Labute approximate surface area is 124 Å². The van der Waals surface area contributed by atoms with Crippen LogP contribution in [0.2, 0.25) is 0 Å². The summed E-state index contributed by atoms with van der Waals surface area (Å²) in [5, 5.41) is 7.72. The zero-order valence-corrected chi connectivity index (χ0v) is 13.3. The fourth-order valence-electron chi connectivity index (χ4n) is 1.68. The topological polar surface area (TPSA) is 108 Å². The first kappa shape index (κ1) is 17.4. The van der Waals surface area contributed by atoms with E-state index in [1.165, 1.54) is 13.2 Å². The Bertz CT molecular complexity index is 626.